The fourth-order valence-corrected chi connectivity index (χ4v) is 3.01. The lowest BCUT2D eigenvalue weighted by Crippen LogP contribution is -2.29. The number of Topliss-reactive ketones (excluding diaryl/α,β-unsaturated/α-hetero) is 1. The van der Waals surface area contributed by atoms with Gasteiger partial charge in [-0.3, -0.25) is 9.59 Å². The summed E-state index contributed by atoms with van der Waals surface area (Å²) in [5.41, 5.74) is -0.0853. The van der Waals surface area contributed by atoms with Crippen LogP contribution in [0.15, 0.2) is 35.6 Å². The lowest BCUT2D eigenvalue weighted by molar-refractivity contribution is -0.141. The maximum atomic E-state index is 11.9. The molecule has 0 aromatic rings. The number of carbonyl (C=O) groups excluding carboxylic acids is 3. The van der Waals surface area contributed by atoms with E-state index in [0.29, 0.717) is 37.4 Å². The summed E-state index contributed by atoms with van der Waals surface area (Å²) in [5.74, 6) is -2.86. The molecule has 1 heterocycles. The third kappa shape index (κ3) is 5.79. The first kappa shape index (κ1) is 21.5. The van der Waals surface area contributed by atoms with Crippen LogP contribution >= 0.6 is 0 Å². The molecule has 2 atom stereocenters. The Morgan fingerprint density at radius 1 is 1.31 bits per heavy atom. The Bertz CT molecular complexity index is 653. The van der Waals surface area contributed by atoms with Crippen molar-refractivity contribution in [3.05, 3.63) is 35.6 Å². The van der Waals surface area contributed by atoms with Gasteiger partial charge in [-0.25, -0.2) is 0 Å². The van der Waals surface area contributed by atoms with E-state index in [1.807, 2.05) is 13.8 Å². The number of hydrogen-bond donors (Lipinski definition) is 1. The third-order valence-corrected chi connectivity index (χ3v) is 4.31. The van der Waals surface area contributed by atoms with Crippen LogP contribution < -0.4 is 0 Å². The van der Waals surface area contributed by atoms with Crippen molar-refractivity contribution in [1.82, 2.24) is 0 Å². The van der Waals surface area contributed by atoms with Crippen molar-refractivity contribution >= 4 is 24.3 Å². The van der Waals surface area contributed by atoms with E-state index in [4.69, 9.17) is 4.74 Å². The van der Waals surface area contributed by atoms with Gasteiger partial charge in [-0.15, -0.1) is 0 Å². The van der Waals surface area contributed by atoms with Gasteiger partial charge in [-0.05, 0) is 45.8 Å². The maximum absolute atomic E-state index is 11.9. The number of ether oxygens (including phenoxy) is 1. The molecule has 6 heteroatoms. The van der Waals surface area contributed by atoms with Crippen molar-refractivity contribution in [2.75, 3.05) is 0 Å². The predicted molar refractivity (Wildman–Crippen MR) is 96.4 cm³/mol. The van der Waals surface area contributed by atoms with Crippen LogP contribution in [0.5, 0.6) is 0 Å². The number of ketones is 1. The molecule has 0 unspecified atom stereocenters. The van der Waals surface area contributed by atoms with Gasteiger partial charge < -0.3 is 19.4 Å². The topological polar surface area (TPSA) is 97.7 Å². The molecule has 0 spiro atoms. The SMILES string of the molecule is C=C(CCCC(C)=O)[C@H](C(=O)O)[C@H](CC=O)/C(C=O)=C1/C=CC(C)(C)O1. The average molecular weight is 362 g/mol. The van der Waals surface area contributed by atoms with Crippen LogP contribution in [0, 0.1) is 11.8 Å². The van der Waals surface area contributed by atoms with Crippen LogP contribution in [0.2, 0.25) is 0 Å². The summed E-state index contributed by atoms with van der Waals surface area (Å²) in [6.07, 6.45) is 5.52. The molecule has 0 aromatic carbocycles. The van der Waals surface area contributed by atoms with E-state index < -0.39 is 23.4 Å². The van der Waals surface area contributed by atoms with Crippen molar-refractivity contribution in [2.24, 2.45) is 11.8 Å². The molecule has 0 aliphatic carbocycles. The van der Waals surface area contributed by atoms with Gasteiger partial charge in [0.2, 0.25) is 0 Å². The molecule has 0 saturated carbocycles. The molecule has 0 aromatic heterocycles. The predicted octanol–water partition coefficient (Wildman–Crippen LogP) is 3.03. The van der Waals surface area contributed by atoms with Crippen molar-refractivity contribution in [1.29, 1.82) is 0 Å². The summed E-state index contributed by atoms with van der Waals surface area (Å²) in [6.45, 7) is 8.93. The summed E-state index contributed by atoms with van der Waals surface area (Å²) < 4.78 is 5.71. The monoisotopic (exact) mass is 362 g/mol. The maximum Gasteiger partial charge on any atom is 0.311 e. The molecule has 1 aliphatic heterocycles. The van der Waals surface area contributed by atoms with Gasteiger partial charge in [-0.2, -0.15) is 0 Å². The fraction of sp³-hybridized carbons (Fsp3) is 0.500. The van der Waals surface area contributed by atoms with Crippen LogP contribution in [0.25, 0.3) is 0 Å². The highest BCUT2D eigenvalue weighted by atomic mass is 16.5. The van der Waals surface area contributed by atoms with Crippen molar-refractivity contribution in [2.45, 2.75) is 52.1 Å². The summed E-state index contributed by atoms with van der Waals surface area (Å²) in [5, 5.41) is 9.70. The van der Waals surface area contributed by atoms with Crippen molar-refractivity contribution in [3.63, 3.8) is 0 Å². The van der Waals surface area contributed by atoms with Crippen LogP contribution in [-0.2, 0) is 23.9 Å². The third-order valence-electron chi connectivity index (χ3n) is 4.31. The van der Waals surface area contributed by atoms with E-state index in [1.165, 1.54) is 6.92 Å². The fourth-order valence-electron chi connectivity index (χ4n) is 3.01. The zero-order valence-electron chi connectivity index (χ0n) is 15.5. The Morgan fingerprint density at radius 2 is 1.96 bits per heavy atom. The highest BCUT2D eigenvalue weighted by molar-refractivity contribution is 5.82. The quantitative estimate of drug-likeness (QED) is 0.345. The Morgan fingerprint density at radius 3 is 2.38 bits per heavy atom. The molecule has 1 aliphatic rings. The summed E-state index contributed by atoms with van der Waals surface area (Å²) in [6, 6.07) is 0. The Labute approximate surface area is 153 Å². The van der Waals surface area contributed by atoms with Crippen LogP contribution in [0.4, 0.5) is 0 Å². The van der Waals surface area contributed by atoms with Gasteiger partial charge in [0.25, 0.3) is 0 Å². The molecule has 0 saturated heterocycles. The van der Waals surface area contributed by atoms with Gasteiger partial charge in [0.1, 0.15) is 29.7 Å². The minimum Gasteiger partial charge on any atom is -0.483 e. The van der Waals surface area contributed by atoms with Crippen molar-refractivity contribution in [3.8, 4) is 0 Å². The highest BCUT2D eigenvalue weighted by Gasteiger charge is 2.36. The molecule has 0 amide bonds. The number of aldehydes is 2. The van der Waals surface area contributed by atoms with Crippen LogP contribution in [0.1, 0.15) is 46.5 Å². The first-order valence-electron chi connectivity index (χ1n) is 8.54. The Hall–Kier alpha value is -2.50. The number of rotatable bonds is 11. The minimum absolute atomic E-state index is 0.0107. The second kappa shape index (κ2) is 9.27. The minimum atomic E-state index is -1.16. The number of carboxylic acids is 1. The van der Waals surface area contributed by atoms with E-state index in [9.17, 15) is 24.3 Å². The Balaban J connectivity index is 3.18. The molecule has 1 N–H and O–H groups in total. The average Bonchev–Trinajstić information content (AvgIpc) is 2.87. The highest BCUT2D eigenvalue weighted by Crippen LogP contribution is 2.36. The van der Waals surface area contributed by atoms with Crippen LogP contribution in [-0.4, -0.2) is 35.0 Å². The van der Waals surface area contributed by atoms with E-state index in [0.717, 1.165) is 0 Å². The normalized spacial score (nSPS) is 19.2. The van der Waals surface area contributed by atoms with E-state index in [2.05, 4.69) is 6.58 Å². The van der Waals surface area contributed by atoms with E-state index in [1.54, 1.807) is 12.2 Å². The standard InChI is InChI=1S/C20H26O6/c1-13(6-5-7-14(2)23)18(19(24)25)15(9-11-21)16(12-22)17-8-10-20(3,4)26-17/h8,10-12,15,18H,1,5-7,9H2,2-4H3,(H,24,25)/b17-16-/t15-,18+/m1/s1. The van der Waals surface area contributed by atoms with Gasteiger partial charge in [-0.1, -0.05) is 12.2 Å². The molecule has 0 radical (unpaired) electrons. The molecular weight excluding hydrogens is 336 g/mol. The van der Waals surface area contributed by atoms with E-state index >= 15 is 0 Å². The number of aliphatic carboxylic acids is 1. The second-order valence-electron chi connectivity index (χ2n) is 7.01. The zero-order valence-corrected chi connectivity index (χ0v) is 15.5. The van der Waals surface area contributed by atoms with E-state index in [-0.39, 0.29) is 23.5 Å². The first-order chi connectivity index (χ1) is 12.1. The molecule has 0 bridgehead atoms. The molecule has 1 rings (SSSR count). The van der Waals surface area contributed by atoms with Crippen molar-refractivity contribution < 1.29 is 29.0 Å². The number of carbonyl (C=O) groups is 4. The number of allylic oxidation sites excluding steroid dienone is 2. The smallest absolute Gasteiger partial charge is 0.311 e. The van der Waals surface area contributed by atoms with Gasteiger partial charge >= 0.3 is 5.97 Å². The van der Waals surface area contributed by atoms with Gasteiger partial charge in [0.05, 0.1) is 5.92 Å². The Kier molecular flexibility index (Phi) is 7.68. The second-order valence-corrected chi connectivity index (χ2v) is 7.01. The lowest BCUT2D eigenvalue weighted by Gasteiger charge is -2.26. The summed E-state index contributed by atoms with van der Waals surface area (Å²) in [7, 11) is 0. The van der Waals surface area contributed by atoms with Gasteiger partial charge in [0, 0.05) is 24.3 Å². The summed E-state index contributed by atoms with van der Waals surface area (Å²) in [4.78, 5) is 45.8. The van der Waals surface area contributed by atoms with Gasteiger partial charge in [0.15, 0.2) is 0 Å². The zero-order chi connectivity index (χ0) is 19.9. The molecule has 26 heavy (non-hydrogen) atoms. The number of carboxylic acid groups (broad SMARTS) is 1. The lowest BCUT2D eigenvalue weighted by atomic mass is 9.78. The van der Waals surface area contributed by atoms with Crippen LogP contribution in [0.3, 0.4) is 0 Å². The molecule has 6 nitrogen and oxygen atoms in total. The molecular formula is C20H26O6. The molecule has 142 valence electrons. The number of hydrogen-bond acceptors (Lipinski definition) is 5. The molecule has 0 fully saturated rings. The largest absolute Gasteiger partial charge is 0.483 e. The first-order valence-corrected chi connectivity index (χ1v) is 8.54. The summed E-state index contributed by atoms with van der Waals surface area (Å²) >= 11 is 0.